The summed E-state index contributed by atoms with van der Waals surface area (Å²) in [5.41, 5.74) is 4.76. The van der Waals surface area contributed by atoms with E-state index in [-0.39, 0.29) is 29.3 Å². The van der Waals surface area contributed by atoms with Gasteiger partial charge in [0.05, 0.1) is 0 Å². The van der Waals surface area contributed by atoms with E-state index < -0.39 is 0 Å². The molecule has 3 aromatic carbocycles. The van der Waals surface area contributed by atoms with Crippen LogP contribution in [0.5, 0.6) is 0 Å². The Morgan fingerprint density at radius 3 is 2.05 bits per heavy atom. The summed E-state index contributed by atoms with van der Waals surface area (Å²) in [5, 5.41) is 2.73. The van der Waals surface area contributed by atoms with Gasteiger partial charge in [0.25, 0.3) is 5.91 Å². The first kappa shape index (κ1) is 27.2. The van der Waals surface area contributed by atoms with E-state index >= 15 is 0 Å². The maximum atomic E-state index is 13.6. The van der Waals surface area contributed by atoms with E-state index in [2.05, 4.69) is 16.3 Å². The van der Waals surface area contributed by atoms with Crippen LogP contribution in [-0.4, -0.2) is 48.7 Å². The summed E-state index contributed by atoms with van der Waals surface area (Å²) >= 11 is 0. The van der Waals surface area contributed by atoms with Crippen LogP contribution in [0.1, 0.15) is 51.6 Å². The van der Waals surface area contributed by atoms with Crippen LogP contribution < -0.4 is 10.2 Å². The van der Waals surface area contributed by atoms with E-state index in [1.54, 1.807) is 36.4 Å². The fraction of sp³-hybridized carbons (Fsp3) is 0.323. The molecule has 1 heterocycles. The average Bonchev–Trinajstić information content (AvgIpc) is 2.89. The lowest BCUT2D eigenvalue weighted by molar-refractivity contribution is -0.114. The molecule has 2 amide bonds. The lowest BCUT2D eigenvalue weighted by atomic mass is 9.89. The largest absolute Gasteiger partial charge is 0.326 e. The van der Waals surface area contributed by atoms with Crippen LogP contribution >= 0.6 is 0 Å². The predicted molar refractivity (Wildman–Crippen MR) is 148 cm³/mol. The molecule has 1 fully saturated rings. The number of ketones is 1. The van der Waals surface area contributed by atoms with E-state index in [9.17, 15) is 18.8 Å². The predicted octanol–water partition coefficient (Wildman–Crippen LogP) is 5.64. The molecule has 7 heteroatoms. The van der Waals surface area contributed by atoms with E-state index in [4.69, 9.17) is 0 Å². The van der Waals surface area contributed by atoms with Crippen LogP contribution in [0.15, 0.2) is 66.7 Å². The van der Waals surface area contributed by atoms with Crippen LogP contribution in [-0.2, 0) is 4.79 Å². The fourth-order valence-electron chi connectivity index (χ4n) is 5.02. The number of halogens is 1. The lowest BCUT2D eigenvalue weighted by Crippen LogP contribution is -2.43. The normalized spacial score (nSPS) is 14.2. The molecule has 6 nitrogen and oxygen atoms in total. The molecular formula is C31H34FN3O3. The Morgan fingerprint density at radius 1 is 0.895 bits per heavy atom. The van der Waals surface area contributed by atoms with Gasteiger partial charge in [-0.25, -0.2) is 4.39 Å². The van der Waals surface area contributed by atoms with E-state index in [1.165, 1.54) is 19.1 Å². The molecule has 0 unspecified atom stereocenters. The standard InChI is InChI=1S/C31H34FN3O3/c1-21-18-22(2)20-29(19-21)35(31(38)26-6-10-28(11-7-26)33-23(3)36)17-16-34-14-12-25(13-15-34)30(37)24-4-8-27(32)9-5-24/h4-11,18-20,25H,12-17H2,1-3H3,(H,33,36). The van der Waals surface area contributed by atoms with Gasteiger partial charge in [-0.2, -0.15) is 0 Å². The highest BCUT2D eigenvalue weighted by Gasteiger charge is 2.27. The number of hydrogen-bond donors (Lipinski definition) is 1. The molecule has 1 saturated heterocycles. The van der Waals surface area contributed by atoms with Crippen LogP contribution in [0.25, 0.3) is 0 Å². The van der Waals surface area contributed by atoms with Gasteiger partial charge < -0.3 is 15.1 Å². The van der Waals surface area contributed by atoms with Gasteiger partial charge in [-0.3, -0.25) is 14.4 Å². The van der Waals surface area contributed by atoms with Gasteiger partial charge in [0, 0.05) is 48.4 Å². The molecule has 38 heavy (non-hydrogen) atoms. The van der Waals surface area contributed by atoms with Gasteiger partial charge in [-0.05, 0) is 112 Å². The van der Waals surface area contributed by atoms with Gasteiger partial charge in [-0.15, -0.1) is 0 Å². The third kappa shape index (κ3) is 6.92. The number of carbonyl (C=O) groups is 3. The maximum absolute atomic E-state index is 13.6. The van der Waals surface area contributed by atoms with Crippen molar-refractivity contribution >= 4 is 29.0 Å². The molecule has 0 aliphatic carbocycles. The third-order valence-corrected chi connectivity index (χ3v) is 6.94. The number of nitrogens with zero attached hydrogens (tertiary/aromatic N) is 2. The first-order chi connectivity index (χ1) is 18.2. The molecule has 0 saturated carbocycles. The highest BCUT2D eigenvalue weighted by molar-refractivity contribution is 6.06. The minimum absolute atomic E-state index is 0.0689. The molecule has 1 N–H and O–H groups in total. The summed E-state index contributed by atoms with van der Waals surface area (Å²) in [6.45, 7) is 8.19. The minimum atomic E-state index is -0.344. The van der Waals surface area contributed by atoms with Crippen LogP contribution in [0.2, 0.25) is 0 Å². The highest BCUT2D eigenvalue weighted by Crippen LogP contribution is 2.24. The molecule has 4 rings (SSSR count). The summed E-state index contributed by atoms with van der Waals surface area (Å²) in [4.78, 5) is 41.9. The summed E-state index contributed by atoms with van der Waals surface area (Å²) in [6.07, 6.45) is 1.47. The Balaban J connectivity index is 1.43. The zero-order chi connectivity index (χ0) is 27.2. The molecule has 0 atom stereocenters. The number of rotatable bonds is 8. The van der Waals surface area contributed by atoms with E-state index in [1.807, 2.05) is 30.9 Å². The number of nitrogens with one attached hydrogen (secondary N) is 1. The SMILES string of the molecule is CC(=O)Nc1ccc(C(=O)N(CCN2CCC(C(=O)c3ccc(F)cc3)CC2)c2cc(C)cc(C)c2)cc1. The van der Waals surface area contributed by atoms with Gasteiger partial charge in [0.2, 0.25) is 5.91 Å². The zero-order valence-corrected chi connectivity index (χ0v) is 22.2. The Hall–Kier alpha value is -3.84. The molecule has 1 aliphatic rings. The molecule has 0 spiro atoms. The van der Waals surface area contributed by atoms with Crippen molar-refractivity contribution < 1.29 is 18.8 Å². The fourth-order valence-corrected chi connectivity index (χ4v) is 5.02. The van der Waals surface area contributed by atoms with Gasteiger partial charge in [-0.1, -0.05) is 6.07 Å². The van der Waals surface area contributed by atoms with Crippen molar-refractivity contribution in [2.24, 2.45) is 5.92 Å². The molecule has 0 bridgehead atoms. The number of aryl methyl sites for hydroxylation is 2. The first-order valence-electron chi connectivity index (χ1n) is 13.0. The molecule has 3 aromatic rings. The second-order valence-electron chi connectivity index (χ2n) is 10.0. The smallest absolute Gasteiger partial charge is 0.258 e. The Kier molecular flexibility index (Phi) is 8.69. The summed E-state index contributed by atoms with van der Waals surface area (Å²) in [7, 11) is 0. The van der Waals surface area contributed by atoms with Crippen LogP contribution in [0, 0.1) is 25.6 Å². The van der Waals surface area contributed by atoms with Crippen LogP contribution in [0.3, 0.4) is 0 Å². The molecule has 198 valence electrons. The van der Waals surface area contributed by atoms with Crippen molar-refractivity contribution in [2.75, 3.05) is 36.4 Å². The molecule has 0 radical (unpaired) electrons. The zero-order valence-electron chi connectivity index (χ0n) is 22.2. The quantitative estimate of drug-likeness (QED) is 0.394. The topological polar surface area (TPSA) is 69.7 Å². The number of piperidine rings is 1. The second-order valence-corrected chi connectivity index (χ2v) is 10.0. The highest BCUT2D eigenvalue weighted by atomic mass is 19.1. The van der Waals surface area contributed by atoms with Crippen molar-refractivity contribution in [3.8, 4) is 0 Å². The van der Waals surface area contributed by atoms with Gasteiger partial charge in [0.1, 0.15) is 5.82 Å². The lowest BCUT2D eigenvalue weighted by Gasteiger charge is -2.33. The number of carbonyl (C=O) groups excluding carboxylic acids is 3. The Morgan fingerprint density at radius 2 is 1.47 bits per heavy atom. The first-order valence-corrected chi connectivity index (χ1v) is 13.0. The number of Topliss-reactive ketones (excluding diaryl/α,β-unsaturated/α-hetero) is 1. The Bertz CT molecular complexity index is 1280. The van der Waals surface area contributed by atoms with Crippen LogP contribution in [0.4, 0.5) is 15.8 Å². The molecule has 1 aliphatic heterocycles. The number of amides is 2. The van der Waals surface area contributed by atoms with Gasteiger partial charge in [0.15, 0.2) is 5.78 Å². The van der Waals surface area contributed by atoms with Gasteiger partial charge >= 0.3 is 0 Å². The molecule has 0 aromatic heterocycles. The van der Waals surface area contributed by atoms with Crippen molar-refractivity contribution in [2.45, 2.75) is 33.6 Å². The van der Waals surface area contributed by atoms with Crippen molar-refractivity contribution in [3.63, 3.8) is 0 Å². The number of anilines is 2. The summed E-state index contributed by atoms with van der Waals surface area (Å²) in [6, 6.07) is 18.8. The van der Waals surface area contributed by atoms with Crippen molar-refractivity contribution in [1.82, 2.24) is 4.90 Å². The second kappa shape index (κ2) is 12.1. The Labute approximate surface area is 223 Å². The van der Waals surface area contributed by atoms with E-state index in [0.29, 0.717) is 29.9 Å². The van der Waals surface area contributed by atoms with Crippen molar-refractivity contribution in [1.29, 1.82) is 0 Å². The monoisotopic (exact) mass is 515 g/mol. The third-order valence-electron chi connectivity index (χ3n) is 6.94. The number of benzene rings is 3. The van der Waals surface area contributed by atoms with E-state index in [0.717, 1.165) is 42.7 Å². The minimum Gasteiger partial charge on any atom is -0.326 e. The maximum Gasteiger partial charge on any atom is 0.258 e. The average molecular weight is 516 g/mol. The molecular weight excluding hydrogens is 481 g/mol. The van der Waals surface area contributed by atoms with Crippen molar-refractivity contribution in [3.05, 3.63) is 94.8 Å². The number of hydrogen-bond acceptors (Lipinski definition) is 4. The summed E-state index contributed by atoms with van der Waals surface area (Å²) in [5.74, 6) is -0.617. The summed E-state index contributed by atoms with van der Waals surface area (Å²) < 4.78 is 13.2. The number of likely N-dealkylation sites (tertiary alicyclic amines) is 1.